The predicted octanol–water partition coefficient (Wildman–Crippen LogP) is 5.76. The number of aromatic nitrogens is 2. The third-order valence-corrected chi connectivity index (χ3v) is 6.85. The molecule has 34 heavy (non-hydrogen) atoms. The molecule has 0 saturated heterocycles. The molecule has 5 rings (SSSR count). The van der Waals surface area contributed by atoms with E-state index in [4.69, 9.17) is 11.6 Å². The smallest absolute Gasteiger partial charge is 0.249 e. The molecule has 1 aliphatic rings. The molecule has 4 aromatic rings. The second kappa shape index (κ2) is 9.18. The summed E-state index contributed by atoms with van der Waals surface area (Å²) in [4.78, 5) is 27.4. The summed E-state index contributed by atoms with van der Waals surface area (Å²) in [6.07, 6.45) is 0. The Labute approximate surface area is 205 Å². The Morgan fingerprint density at radius 2 is 1.74 bits per heavy atom. The summed E-state index contributed by atoms with van der Waals surface area (Å²) >= 11 is 7.67. The SMILES string of the molecule is N#CC(C(=O)Nc1ccccc1)C(=O)c1nn(-c2ccc(Cl)cc2)c2c1CSc1ccccc1-2. The maximum Gasteiger partial charge on any atom is 0.249 e. The van der Waals surface area contributed by atoms with E-state index in [1.165, 1.54) is 0 Å². The van der Waals surface area contributed by atoms with E-state index in [2.05, 4.69) is 10.4 Å². The zero-order valence-corrected chi connectivity index (χ0v) is 19.3. The first-order valence-electron chi connectivity index (χ1n) is 10.5. The number of thioether (sulfide) groups is 1. The van der Waals surface area contributed by atoms with Crippen LogP contribution in [0.25, 0.3) is 16.9 Å². The molecule has 3 aromatic carbocycles. The van der Waals surface area contributed by atoms with Crippen LogP contribution in [0.15, 0.2) is 83.8 Å². The first kappa shape index (κ1) is 22.0. The Hall–Kier alpha value is -3.86. The van der Waals surface area contributed by atoms with Crippen molar-refractivity contribution in [1.82, 2.24) is 9.78 Å². The van der Waals surface area contributed by atoms with Gasteiger partial charge >= 0.3 is 0 Å². The van der Waals surface area contributed by atoms with Gasteiger partial charge in [-0.1, -0.05) is 48.0 Å². The van der Waals surface area contributed by atoms with E-state index in [9.17, 15) is 14.9 Å². The van der Waals surface area contributed by atoms with Crippen molar-refractivity contribution >= 4 is 40.7 Å². The molecule has 2 heterocycles. The van der Waals surface area contributed by atoms with Crippen molar-refractivity contribution in [3.63, 3.8) is 0 Å². The highest BCUT2D eigenvalue weighted by Gasteiger charge is 2.35. The molecular formula is C26H17ClN4O2S. The van der Waals surface area contributed by atoms with E-state index in [1.54, 1.807) is 52.8 Å². The van der Waals surface area contributed by atoms with E-state index in [-0.39, 0.29) is 5.69 Å². The minimum atomic E-state index is -1.53. The summed E-state index contributed by atoms with van der Waals surface area (Å²) in [5.41, 5.74) is 3.79. The van der Waals surface area contributed by atoms with Crippen LogP contribution in [0.4, 0.5) is 5.69 Å². The first-order chi connectivity index (χ1) is 16.6. The van der Waals surface area contributed by atoms with Gasteiger partial charge in [-0.3, -0.25) is 9.59 Å². The van der Waals surface area contributed by atoms with Gasteiger partial charge in [-0.15, -0.1) is 11.8 Å². The molecular weight excluding hydrogens is 468 g/mol. The highest BCUT2D eigenvalue weighted by molar-refractivity contribution is 7.98. The largest absolute Gasteiger partial charge is 0.325 e. The summed E-state index contributed by atoms with van der Waals surface area (Å²) in [6.45, 7) is 0. The van der Waals surface area contributed by atoms with E-state index in [0.29, 0.717) is 22.0 Å². The van der Waals surface area contributed by atoms with Gasteiger partial charge in [-0.05, 0) is 42.5 Å². The molecule has 1 aliphatic heterocycles. The van der Waals surface area contributed by atoms with Gasteiger partial charge in [-0.2, -0.15) is 10.4 Å². The number of ketones is 1. The van der Waals surface area contributed by atoms with Gasteiger partial charge < -0.3 is 5.32 Å². The average molecular weight is 485 g/mol. The van der Waals surface area contributed by atoms with Crippen LogP contribution < -0.4 is 5.32 Å². The number of amides is 1. The van der Waals surface area contributed by atoms with Crippen LogP contribution in [0.3, 0.4) is 0 Å². The van der Waals surface area contributed by atoms with Crippen molar-refractivity contribution in [2.75, 3.05) is 5.32 Å². The Kier molecular flexibility index (Phi) is 5.93. The quantitative estimate of drug-likeness (QED) is 0.287. The molecule has 1 atom stereocenters. The van der Waals surface area contributed by atoms with Crippen LogP contribution in [0, 0.1) is 17.2 Å². The molecule has 166 valence electrons. The minimum Gasteiger partial charge on any atom is -0.325 e. The van der Waals surface area contributed by atoms with E-state index in [0.717, 1.165) is 21.8 Å². The molecule has 0 fully saturated rings. The summed E-state index contributed by atoms with van der Waals surface area (Å²) in [5, 5.41) is 17.6. The summed E-state index contributed by atoms with van der Waals surface area (Å²) in [6, 6.07) is 25.6. The molecule has 0 radical (unpaired) electrons. The van der Waals surface area contributed by atoms with Crippen molar-refractivity contribution in [2.24, 2.45) is 5.92 Å². The number of hydrogen-bond acceptors (Lipinski definition) is 5. The van der Waals surface area contributed by atoms with Crippen LogP contribution in [0.5, 0.6) is 0 Å². The van der Waals surface area contributed by atoms with Crippen LogP contribution in [-0.4, -0.2) is 21.5 Å². The molecule has 0 aliphatic carbocycles. The van der Waals surface area contributed by atoms with Gasteiger partial charge in [0.1, 0.15) is 5.69 Å². The van der Waals surface area contributed by atoms with Crippen LogP contribution in [0.2, 0.25) is 5.02 Å². The minimum absolute atomic E-state index is 0.127. The molecule has 0 bridgehead atoms. The third-order valence-electron chi connectivity index (χ3n) is 5.50. The second-order valence-corrected chi connectivity index (χ2v) is 9.08. The van der Waals surface area contributed by atoms with E-state index < -0.39 is 17.6 Å². The maximum atomic E-state index is 13.5. The lowest BCUT2D eigenvalue weighted by Crippen LogP contribution is -2.29. The zero-order chi connectivity index (χ0) is 23.7. The number of halogens is 1. The topological polar surface area (TPSA) is 87.8 Å². The van der Waals surface area contributed by atoms with Crippen LogP contribution >= 0.6 is 23.4 Å². The third kappa shape index (κ3) is 3.98. The number of nitrogens with zero attached hydrogens (tertiary/aromatic N) is 3. The lowest BCUT2D eigenvalue weighted by molar-refractivity contribution is -0.117. The van der Waals surface area contributed by atoms with Crippen LogP contribution in [0.1, 0.15) is 16.1 Å². The Bertz CT molecular complexity index is 1440. The lowest BCUT2D eigenvalue weighted by Gasteiger charge is -2.18. The van der Waals surface area contributed by atoms with Gasteiger partial charge in [-0.25, -0.2) is 4.68 Å². The number of hydrogen-bond donors (Lipinski definition) is 1. The molecule has 8 heteroatoms. The number of anilines is 1. The second-order valence-electron chi connectivity index (χ2n) is 7.63. The number of carbonyl (C=O) groups excluding carboxylic acids is 2. The number of Topliss-reactive ketones (excluding diaryl/α,β-unsaturated/α-hetero) is 1. The fraction of sp³-hybridized carbons (Fsp3) is 0.0769. The molecule has 1 aromatic heterocycles. The van der Waals surface area contributed by atoms with Crippen molar-refractivity contribution in [1.29, 1.82) is 5.26 Å². The predicted molar refractivity (Wildman–Crippen MR) is 132 cm³/mol. The molecule has 1 amide bonds. The van der Waals surface area contributed by atoms with Gasteiger partial charge in [0, 0.05) is 32.5 Å². The highest BCUT2D eigenvalue weighted by Crippen LogP contribution is 2.44. The number of benzene rings is 3. The van der Waals surface area contributed by atoms with Gasteiger partial charge in [0.25, 0.3) is 0 Å². The Morgan fingerprint density at radius 3 is 2.47 bits per heavy atom. The van der Waals surface area contributed by atoms with Crippen molar-refractivity contribution < 1.29 is 9.59 Å². The summed E-state index contributed by atoms with van der Waals surface area (Å²) in [7, 11) is 0. The zero-order valence-electron chi connectivity index (χ0n) is 17.7. The number of carbonyl (C=O) groups is 2. The number of nitrogens with one attached hydrogen (secondary N) is 1. The summed E-state index contributed by atoms with van der Waals surface area (Å²) in [5.74, 6) is -2.34. The number of para-hydroxylation sites is 1. The van der Waals surface area contributed by atoms with E-state index in [1.807, 2.05) is 48.5 Å². The molecule has 0 saturated carbocycles. The number of fused-ring (bicyclic) bond motifs is 3. The van der Waals surface area contributed by atoms with Crippen molar-refractivity contribution in [2.45, 2.75) is 10.6 Å². The number of rotatable bonds is 5. The molecule has 0 spiro atoms. The molecule has 6 nitrogen and oxygen atoms in total. The Morgan fingerprint density at radius 1 is 1.03 bits per heavy atom. The molecule has 1 unspecified atom stereocenters. The molecule has 1 N–H and O–H groups in total. The van der Waals surface area contributed by atoms with E-state index >= 15 is 0 Å². The van der Waals surface area contributed by atoms with Gasteiger partial charge in [0.15, 0.2) is 5.92 Å². The first-order valence-corrected chi connectivity index (χ1v) is 11.8. The normalized spacial score (nSPS) is 12.7. The average Bonchev–Trinajstić information content (AvgIpc) is 3.26. The summed E-state index contributed by atoms with van der Waals surface area (Å²) < 4.78 is 1.70. The van der Waals surface area contributed by atoms with Crippen molar-refractivity contribution in [3.8, 4) is 23.0 Å². The Balaban J connectivity index is 1.59. The standard InChI is InChI=1S/C26H17ClN4O2S/c27-16-10-12-18(13-11-16)31-24-19-8-4-5-9-22(19)34-15-21(24)23(30-31)25(32)20(14-28)26(33)29-17-6-2-1-3-7-17/h1-13,20H,15H2,(H,29,33). The van der Waals surface area contributed by atoms with Gasteiger partial charge in [0.05, 0.1) is 17.5 Å². The van der Waals surface area contributed by atoms with Gasteiger partial charge in [0.2, 0.25) is 11.7 Å². The number of nitriles is 1. The van der Waals surface area contributed by atoms with Crippen LogP contribution in [-0.2, 0) is 10.5 Å². The fourth-order valence-corrected chi connectivity index (χ4v) is 5.07. The lowest BCUT2D eigenvalue weighted by atomic mass is 9.97. The maximum absolute atomic E-state index is 13.5. The van der Waals surface area contributed by atoms with Crippen molar-refractivity contribution in [3.05, 3.63) is 95.1 Å². The fourth-order valence-electron chi connectivity index (χ4n) is 3.88. The highest BCUT2D eigenvalue weighted by atomic mass is 35.5. The monoisotopic (exact) mass is 484 g/mol.